The molecule has 2 atom stereocenters. The van der Waals surface area contributed by atoms with Gasteiger partial charge in [-0.1, -0.05) is 17.7 Å². The Hall–Kier alpha value is -2.29. The van der Waals surface area contributed by atoms with Crippen molar-refractivity contribution < 1.29 is 31.1 Å². The minimum Gasteiger partial charge on any atom is -0.349 e. The van der Waals surface area contributed by atoms with Gasteiger partial charge in [-0.3, -0.25) is 9.78 Å². The van der Waals surface area contributed by atoms with E-state index in [1.807, 2.05) is 0 Å². The highest BCUT2D eigenvalue weighted by Crippen LogP contribution is 2.42. The van der Waals surface area contributed by atoms with E-state index in [9.17, 15) is 31.1 Å². The molecule has 0 bridgehead atoms. The van der Waals surface area contributed by atoms with Gasteiger partial charge in [-0.05, 0) is 42.7 Å². The van der Waals surface area contributed by atoms with Gasteiger partial charge in [0.1, 0.15) is 0 Å². The third kappa shape index (κ3) is 4.09. The molecule has 10 heteroatoms. The molecular weight excluding hydrogens is 410 g/mol. The summed E-state index contributed by atoms with van der Waals surface area (Å²) in [6.07, 6.45) is -7.38. The second-order valence-electron chi connectivity index (χ2n) is 6.40. The minimum absolute atomic E-state index is 0.101. The first-order chi connectivity index (χ1) is 13.0. The highest BCUT2D eigenvalue weighted by molar-refractivity contribution is 6.31. The lowest BCUT2D eigenvalue weighted by Crippen LogP contribution is -2.46. The van der Waals surface area contributed by atoms with Crippen LogP contribution in [0, 0.1) is 0 Å². The van der Waals surface area contributed by atoms with Gasteiger partial charge >= 0.3 is 12.4 Å². The molecule has 1 N–H and O–H groups in total. The Morgan fingerprint density at radius 3 is 2.32 bits per heavy atom. The zero-order valence-corrected chi connectivity index (χ0v) is 14.8. The number of alkyl halides is 6. The lowest BCUT2D eigenvalue weighted by atomic mass is 9.74. The van der Waals surface area contributed by atoms with Crippen molar-refractivity contribution in [3.05, 3.63) is 63.9 Å². The minimum atomic E-state index is -4.79. The highest BCUT2D eigenvalue weighted by atomic mass is 35.5. The molecule has 1 amide bonds. The molecule has 1 fully saturated rings. The Kier molecular flexibility index (Phi) is 5.31. The number of carbonyl (C=O) groups is 1. The largest absolute Gasteiger partial charge is 0.434 e. The maximum Gasteiger partial charge on any atom is 0.434 e. The molecule has 3 nitrogen and oxygen atoms in total. The molecule has 3 rings (SSSR count). The number of rotatable bonds is 3. The monoisotopic (exact) mass is 422 g/mol. The Morgan fingerprint density at radius 1 is 1.07 bits per heavy atom. The number of pyridine rings is 1. The maximum absolute atomic E-state index is 13.0. The summed E-state index contributed by atoms with van der Waals surface area (Å²) in [5.74, 6) is -1.33. The average molecular weight is 423 g/mol. The summed E-state index contributed by atoms with van der Waals surface area (Å²) in [7, 11) is 0. The normalized spacial score (nSPS) is 19.8. The number of carbonyl (C=O) groups excluding carboxylic acids is 1. The van der Waals surface area contributed by atoms with Crippen molar-refractivity contribution in [3.8, 4) is 0 Å². The zero-order chi connectivity index (χ0) is 20.7. The van der Waals surface area contributed by atoms with E-state index in [2.05, 4.69) is 10.3 Å². The topological polar surface area (TPSA) is 42.0 Å². The summed E-state index contributed by atoms with van der Waals surface area (Å²) in [4.78, 5) is 15.6. The van der Waals surface area contributed by atoms with E-state index in [0.717, 1.165) is 24.4 Å². The third-order valence-electron chi connectivity index (χ3n) is 4.64. The van der Waals surface area contributed by atoms with Crippen LogP contribution >= 0.6 is 11.6 Å². The average Bonchev–Trinajstić information content (AvgIpc) is 2.58. The molecule has 1 aromatic carbocycles. The molecule has 1 aliphatic rings. The van der Waals surface area contributed by atoms with Gasteiger partial charge in [0.25, 0.3) is 5.91 Å². The van der Waals surface area contributed by atoms with Crippen LogP contribution in [-0.4, -0.2) is 16.9 Å². The number of amides is 1. The second kappa shape index (κ2) is 7.27. The molecule has 0 saturated heterocycles. The smallest absolute Gasteiger partial charge is 0.349 e. The molecule has 1 aliphatic carbocycles. The molecule has 0 spiro atoms. The van der Waals surface area contributed by atoms with Crippen molar-refractivity contribution in [2.75, 3.05) is 0 Å². The van der Waals surface area contributed by atoms with E-state index >= 15 is 0 Å². The van der Waals surface area contributed by atoms with E-state index in [-0.39, 0.29) is 10.9 Å². The second-order valence-corrected chi connectivity index (χ2v) is 6.80. The van der Waals surface area contributed by atoms with Crippen molar-refractivity contribution in [2.24, 2.45) is 0 Å². The summed E-state index contributed by atoms with van der Waals surface area (Å²) < 4.78 is 77.3. The fourth-order valence-electron chi connectivity index (χ4n) is 3.11. The predicted molar refractivity (Wildman–Crippen MR) is 88.9 cm³/mol. The van der Waals surface area contributed by atoms with Gasteiger partial charge in [0.15, 0.2) is 5.69 Å². The van der Waals surface area contributed by atoms with Gasteiger partial charge in [0.05, 0.1) is 11.1 Å². The van der Waals surface area contributed by atoms with Crippen LogP contribution in [0.5, 0.6) is 0 Å². The first-order valence-corrected chi connectivity index (χ1v) is 8.56. The van der Waals surface area contributed by atoms with Crippen molar-refractivity contribution in [1.82, 2.24) is 10.3 Å². The Bertz CT molecular complexity index is 896. The molecule has 0 radical (unpaired) electrons. The SMILES string of the molecule is O=C(N[C@H]1CC[C@H]1c1ccc(C(F)(F)F)cc1Cl)c1cccnc1C(F)(F)F. The standard InChI is InChI=1S/C18H13ClF6N2O/c19-13-8-9(17(20,21)22)3-4-10(13)11-5-6-14(11)27-16(28)12-2-1-7-26-15(12)18(23,24)25/h1-4,7-8,11,14H,5-6H2,(H,27,28)/t11-,14-/m0/s1. The van der Waals surface area contributed by atoms with Crippen LogP contribution in [-0.2, 0) is 12.4 Å². The summed E-state index contributed by atoms with van der Waals surface area (Å²) in [5.41, 5.74) is -2.39. The van der Waals surface area contributed by atoms with Crippen molar-refractivity contribution in [3.63, 3.8) is 0 Å². The lowest BCUT2D eigenvalue weighted by Gasteiger charge is -2.38. The van der Waals surface area contributed by atoms with E-state index in [1.165, 1.54) is 12.1 Å². The summed E-state index contributed by atoms with van der Waals surface area (Å²) in [6, 6.07) is 4.62. The molecule has 1 saturated carbocycles. The van der Waals surface area contributed by atoms with E-state index in [1.54, 1.807) is 0 Å². The molecule has 0 unspecified atom stereocenters. The number of nitrogens with one attached hydrogen (secondary N) is 1. The number of halogens is 7. The summed E-state index contributed by atoms with van der Waals surface area (Å²) in [6.45, 7) is 0. The van der Waals surface area contributed by atoms with E-state index < -0.39 is 41.1 Å². The fourth-order valence-corrected chi connectivity index (χ4v) is 3.43. The van der Waals surface area contributed by atoms with Gasteiger partial charge in [0.2, 0.25) is 0 Å². The Morgan fingerprint density at radius 2 is 1.79 bits per heavy atom. The quantitative estimate of drug-likeness (QED) is 0.668. The Labute approximate surface area is 160 Å². The van der Waals surface area contributed by atoms with Crippen LogP contribution in [0.15, 0.2) is 36.5 Å². The summed E-state index contributed by atoms with van der Waals surface area (Å²) in [5, 5.41) is 2.41. The number of nitrogens with zero attached hydrogens (tertiary/aromatic N) is 1. The number of benzene rings is 1. The van der Waals surface area contributed by atoms with Crippen molar-refractivity contribution in [2.45, 2.75) is 37.2 Å². The highest BCUT2D eigenvalue weighted by Gasteiger charge is 2.40. The number of aromatic nitrogens is 1. The first kappa shape index (κ1) is 20.4. The molecule has 150 valence electrons. The van der Waals surface area contributed by atoms with Gasteiger partial charge in [-0.25, -0.2) is 0 Å². The molecule has 1 heterocycles. The molecular formula is C18H13ClF6N2O. The van der Waals surface area contributed by atoms with Gasteiger partial charge in [-0.2, -0.15) is 26.3 Å². The molecule has 28 heavy (non-hydrogen) atoms. The Balaban J connectivity index is 1.78. The predicted octanol–water partition coefficient (Wildman–Crippen LogP) is 5.45. The van der Waals surface area contributed by atoms with Crippen LogP contribution in [0.1, 0.15) is 45.9 Å². The van der Waals surface area contributed by atoms with Crippen LogP contribution in [0.25, 0.3) is 0 Å². The van der Waals surface area contributed by atoms with Gasteiger partial charge < -0.3 is 5.32 Å². The third-order valence-corrected chi connectivity index (χ3v) is 4.97. The van der Waals surface area contributed by atoms with Crippen LogP contribution < -0.4 is 5.32 Å². The maximum atomic E-state index is 13.0. The van der Waals surface area contributed by atoms with Crippen LogP contribution in [0.2, 0.25) is 5.02 Å². The van der Waals surface area contributed by atoms with Gasteiger partial charge in [-0.15, -0.1) is 0 Å². The zero-order valence-electron chi connectivity index (χ0n) is 14.0. The van der Waals surface area contributed by atoms with E-state index in [4.69, 9.17) is 11.6 Å². The van der Waals surface area contributed by atoms with Crippen molar-refractivity contribution in [1.29, 1.82) is 0 Å². The van der Waals surface area contributed by atoms with Gasteiger partial charge in [0, 0.05) is 23.2 Å². The fraction of sp³-hybridized carbons (Fsp3) is 0.333. The molecule has 0 aliphatic heterocycles. The summed E-state index contributed by atoms with van der Waals surface area (Å²) >= 11 is 5.98. The van der Waals surface area contributed by atoms with Crippen molar-refractivity contribution >= 4 is 17.5 Å². The molecule has 2 aromatic rings. The first-order valence-electron chi connectivity index (χ1n) is 8.18. The van der Waals surface area contributed by atoms with Crippen LogP contribution in [0.3, 0.4) is 0 Å². The molecule has 1 aromatic heterocycles. The number of hydrogen-bond donors (Lipinski definition) is 1. The number of hydrogen-bond acceptors (Lipinski definition) is 2. The lowest BCUT2D eigenvalue weighted by molar-refractivity contribution is -0.141. The van der Waals surface area contributed by atoms with E-state index in [0.29, 0.717) is 18.4 Å². The van der Waals surface area contributed by atoms with Crippen LogP contribution in [0.4, 0.5) is 26.3 Å².